The highest BCUT2D eigenvalue weighted by molar-refractivity contribution is 5.80. The number of allylic oxidation sites excluding steroid dienone is 9. The average Bonchev–Trinajstić information content (AvgIpc) is 2.41. The molecular weight excluding hydrogens is 284 g/mol. The maximum Gasteiger partial charge on any atom is 0.328 e. The number of rotatable bonds is 6. The molecule has 0 atom stereocenters. The number of hydrogen-bond donors (Lipinski definition) is 1. The van der Waals surface area contributed by atoms with Crippen molar-refractivity contribution in [3.8, 4) is 0 Å². The van der Waals surface area contributed by atoms with Crippen LogP contribution in [0.5, 0.6) is 0 Å². The second-order valence-electron chi connectivity index (χ2n) is 7.14. The van der Waals surface area contributed by atoms with Gasteiger partial charge in [-0.15, -0.1) is 0 Å². The molecule has 0 bridgehead atoms. The summed E-state index contributed by atoms with van der Waals surface area (Å²) in [6, 6.07) is 0. The van der Waals surface area contributed by atoms with E-state index >= 15 is 0 Å². The fraction of sp³-hybridized carbons (Fsp3) is 0.476. The van der Waals surface area contributed by atoms with E-state index in [0.29, 0.717) is 6.42 Å². The summed E-state index contributed by atoms with van der Waals surface area (Å²) in [7, 11) is 0. The summed E-state index contributed by atoms with van der Waals surface area (Å²) >= 11 is 0. The maximum absolute atomic E-state index is 10.5. The lowest BCUT2D eigenvalue weighted by Crippen LogP contribution is -2.19. The first-order valence-corrected chi connectivity index (χ1v) is 8.34. The molecule has 0 amide bonds. The van der Waals surface area contributed by atoms with Gasteiger partial charge in [-0.2, -0.15) is 0 Å². The van der Waals surface area contributed by atoms with Crippen molar-refractivity contribution in [2.45, 2.75) is 60.3 Å². The first-order valence-electron chi connectivity index (χ1n) is 8.34. The normalized spacial score (nSPS) is 19.9. The van der Waals surface area contributed by atoms with Gasteiger partial charge in [0.25, 0.3) is 0 Å². The molecule has 0 heterocycles. The van der Waals surface area contributed by atoms with Gasteiger partial charge in [-0.1, -0.05) is 60.9 Å². The van der Waals surface area contributed by atoms with Gasteiger partial charge in [0.2, 0.25) is 0 Å². The van der Waals surface area contributed by atoms with E-state index < -0.39 is 5.97 Å². The molecule has 2 nitrogen and oxygen atoms in total. The van der Waals surface area contributed by atoms with Crippen molar-refractivity contribution >= 4 is 5.97 Å². The first-order chi connectivity index (χ1) is 10.7. The van der Waals surface area contributed by atoms with Crippen molar-refractivity contribution in [1.29, 1.82) is 0 Å². The Bertz CT molecular complexity index is 581. The zero-order chi connectivity index (χ0) is 17.5. The molecule has 0 aliphatic heterocycles. The van der Waals surface area contributed by atoms with Crippen molar-refractivity contribution in [2.75, 3.05) is 0 Å². The van der Waals surface area contributed by atoms with E-state index in [9.17, 15) is 4.79 Å². The second-order valence-corrected chi connectivity index (χ2v) is 7.14. The van der Waals surface area contributed by atoms with Crippen LogP contribution in [0.4, 0.5) is 0 Å². The maximum atomic E-state index is 10.5. The molecule has 0 fully saturated rings. The number of hydrogen-bond acceptors (Lipinski definition) is 1. The van der Waals surface area contributed by atoms with Gasteiger partial charge in [0.1, 0.15) is 0 Å². The average molecular weight is 314 g/mol. The molecule has 126 valence electrons. The predicted molar refractivity (Wildman–Crippen MR) is 98.4 cm³/mol. The van der Waals surface area contributed by atoms with Crippen molar-refractivity contribution in [3.63, 3.8) is 0 Å². The minimum Gasteiger partial charge on any atom is -0.478 e. The molecule has 0 aromatic carbocycles. The lowest BCUT2D eigenvalue weighted by atomic mass is 9.72. The third-order valence-corrected chi connectivity index (χ3v) is 4.36. The van der Waals surface area contributed by atoms with Crippen LogP contribution in [0, 0.1) is 5.41 Å². The van der Waals surface area contributed by atoms with Gasteiger partial charge >= 0.3 is 5.97 Å². The molecule has 1 aliphatic carbocycles. The van der Waals surface area contributed by atoms with Gasteiger partial charge in [0, 0.05) is 6.08 Å². The Kier molecular flexibility index (Phi) is 7.28. The van der Waals surface area contributed by atoms with Gasteiger partial charge in [0.15, 0.2) is 0 Å². The molecule has 1 aliphatic rings. The monoisotopic (exact) mass is 314 g/mol. The lowest BCUT2D eigenvalue weighted by Gasteiger charge is -2.32. The highest BCUT2D eigenvalue weighted by atomic mass is 16.4. The van der Waals surface area contributed by atoms with Crippen LogP contribution >= 0.6 is 0 Å². The molecule has 23 heavy (non-hydrogen) atoms. The molecule has 1 rings (SSSR count). The van der Waals surface area contributed by atoms with Crippen LogP contribution in [-0.2, 0) is 4.79 Å². The second kappa shape index (κ2) is 8.71. The Hall–Kier alpha value is -1.83. The summed E-state index contributed by atoms with van der Waals surface area (Å²) < 4.78 is 0. The fourth-order valence-corrected chi connectivity index (χ4v) is 3.02. The quantitative estimate of drug-likeness (QED) is 0.483. The zero-order valence-electron chi connectivity index (χ0n) is 15.1. The molecule has 0 unspecified atom stereocenters. The van der Waals surface area contributed by atoms with Crippen LogP contribution < -0.4 is 0 Å². The number of carboxylic acids is 1. The molecule has 2 heteroatoms. The largest absolute Gasteiger partial charge is 0.478 e. The third kappa shape index (κ3) is 6.85. The summed E-state index contributed by atoms with van der Waals surface area (Å²) in [6.07, 6.45) is 16.2. The Balaban J connectivity index is 2.68. The van der Waals surface area contributed by atoms with Gasteiger partial charge in [-0.05, 0) is 57.4 Å². The SMILES string of the molecule is CC1=C(/C=C/C(C)=C/C=CC/C(C)=C/C(=O)O)C(C)(C)CCC1. The molecule has 0 saturated carbocycles. The van der Waals surface area contributed by atoms with Crippen LogP contribution in [-0.4, -0.2) is 11.1 Å². The van der Waals surface area contributed by atoms with E-state index in [1.165, 1.54) is 42.1 Å². The van der Waals surface area contributed by atoms with E-state index in [1.54, 1.807) is 0 Å². The topological polar surface area (TPSA) is 37.3 Å². The lowest BCUT2D eigenvalue weighted by molar-refractivity contribution is -0.131. The first kappa shape index (κ1) is 19.2. The number of carbonyl (C=O) groups is 1. The van der Waals surface area contributed by atoms with Gasteiger partial charge in [0.05, 0.1) is 0 Å². The smallest absolute Gasteiger partial charge is 0.328 e. The molecule has 0 saturated heterocycles. The van der Waals surface area contributed by atoms with E-state index in [-0.39, 0.29) is 5.41 Å². The number of carboxylic acid groups (broad SMARTS) is 1. The molecule has 0 spiro atoms. The Morgan fingerprint density at radius 3 is 2.61 bits per heavy atom. The molecule has 0 aromatic heterocycles. The summed E-state index contributed by atoms with van der Waals surface area (Å²) in [5, 5.41) is 8.66. The van der Waals surface area contributed by atoms with Crippen molar-refractivity contribution in [2.24, 2.45) is 5.41 Å². The van der Waals surface area contributed by atoms with E-state index in [1.807, 2.05) is 19.1 Å². The van der Waals surface area contributed by atoms with E-state index in [4.69, 9.17) is 5.11 Å². The van der Waals surface area contributed by atoms with Gasteiger partial charge in [-0.25, -0.2) is 4.79 Å². The summed E-state index contributed by atoms with van der Waals surface area (Å²) in [4.78, 5) is 10.5. The molecule has 1 N–H and O–H groups in total. The fourth-order valence-electron chi connectivity index (χ4n) is 3.02. The van der Waals surface area contributed by atoms with Crippen LogP contribution in [0.1, 0.15) is 60.3 Å². The molecule has 0 radical (unpaired) electrons. The van der Waals surface area contributed by atoms with Crippen LogP contribution in [0.25, 0.3) is 0 Å². The molecule has 0 aromatic rings. The van der Waals surface area contributed by atoms with E-state index in [0.717, 1.165) is 5.57 Å². The Labute approximate surface area is 141 Å². The summed E-state index contributed by atoms with van der Waals surface area (Å²) in [5.74, 6) is -0.885. The summed E-state index contributed by atoms with van der Waals surface area (Å²) in [6.45, 7) is 10.8. The predicted octanol–water partition coefficient (Wildman–Crippen LogP) is 5.99. The zero-order valence-corrected chi connectivity index (χ0v) is 15.1. The standard InChI is InChI=1S/C21H30O2/c1-16(9-6-7-10-17(2)15-20(22)23)12-13-19-18(3)11-8-14-21(19,4)5/h6-7,9,12-13,15H,8,10-11,14H2,1-5H3,(H,22,23)/b7-6?,13-12+,16-9+,17-15+. The van der Waals surface area contributed by atoms with Crippen molar-refractivity contribution < 1.29 is 9.90 Å². The van der Waals surface area contributed by atoms with Crippen LogP contribution in [0.2, 0.25) is 0 Å². The third-order valence-electron chi connectivity index (χ3n) is 4.36. The highest BCUT2D eigenvalue weighted by Crippen LogP contribution is 2.40. The van der Waals surface area contributed by atoms with Crippen LogP contribution in [0.15, 0.2) is 58.7 Å². The molecular formula is C21H30O2. The minimum absolute atomic E-state index is 0.272. The van der Waals surface area contributed by atoms with Gasteiger partial charge in [-0.3, -0.25) is 0 Å². The number of aliphatic carboxylic acids is 1. The van der Waals surface area contributed by atoms with E-state index in [2.05, 4.69) is 45.9 Å². The van der Waals surface area contributed by atoms with Crippen molar-refractivity contribution in [1.82, 2.24) is 0 Å². The Morgan fingerprint density at radius 1 is 1.30 bits per heavy atom. The minimum atomic E-state index is -0.885. The van der Waals surface area contributed by atoms with Gasteiger partial charge < -0.3 is 5.11 Å². The van der Waals surface area contributed by atoms with Crippen LogP contribution in [0.3, 0.4) is 0 Å². The summed E-state index contributed by atoms with van der Waals surface area (Å²) in [5.41, 5.74) is 5.30. The highest BCUT2D eigenvalue weighted by Gasteiger charge is 2.26. The van der Waals surface area contributed by atoms with Crippen molar-refractivity contribution in [3.05, 3.63) is 58.7 Å². The Morgan fingerprint density at radius 2 is 2.00 bits per heavy atom.